The minimum Gasteiger partial charge on any atom is -0.475 e. The van der Waals surface area contributed by atoms with Crippen molar-refractivity contribution in [1.82, 2.24) is 4.98 Å². The zero-order valence-corrected chi connectivity index (χ0v) is 8.51. The zero-order valence-electron chi connectivity index (χ0n) is 8.51. The highest BCUT2D eigenvalue weighted by atomic mass is 16.6. The SMILES string of the molecule is Cc1ccc(Oc2ccc(C(=O)O)o2)cn1. The number of hydrogen-bond donors (Lipinski definition) is 1. The van der Waals surface area contributed by atoms with Gasteiger partial charge in [0, 0.05) is 11.8 Å². The number of pyridine rings is 1. The van der Waals surface area contributed by atoms with E-state index in [1.54, 1.807) is 12.1 Å². The summed E-state index contributed by atoms with van der Waals surface area (Å²) in [5, 5.41) is 8.64. The Labute approximate surface area is 91.3 Å². The molecule has 0 spiro atoms. The largest absolute Gasteiger partial charge is 0.475 e. The molecule has 0 unspecified atom stereocenters. The number of aryl methyl sites for hydroxylation is 1. The van der Waals surface area contributed by atoms with Crippen LogP contribution in [-0.4, -0.2) is 16.1 Å². The lowest BCUT2D eigenvalue weighted by Gasteiger charge is -2.00. The summed E-state index contributed by atoms with van der Waals surface area (Å²) < 4.78 is 10.2. The number of carboxylic acids is 1. The standard InChI is InChI=1S/C11H9NO4/c1-7-2-3-8(6-12-7)15-10-5-4-9(16-10)11(13)14/h2-6H,1H3,(H,13,14). The molecule has 0 atom stereocenters. The molecule has 1 N–H and O–H groups in total. The number of furan rings is 1. The van der Waals surface area contributed by atoms with Crippen molar-refractivity contribution in [3.8, 4) is 11.7 Å². The van der Waals surface area contributed by atoms with E-state index in [-0.39, 0.29) is 11.7 Å². The number of carboxylic acid groups (broad SMARTS) is 1. The molecule has 0 fully saturated rings. The molecule has 5 heteroatoms. The van der Waals surface area contributed by atoms with Crippen molar-refractivity contribution in [2.24, 2.45) is 0 Å². The topological polar surface area (TPSA) is 72.6 Å². The Hall–Kier alpha value is -2.30. The maximum absolute atomic E-state index is 10.5. The van der Waals surface area contributed by atoms with Crippen LogP contribution in [0.4, 0.5) is 0 Å². The molecule has 0 amide bonds. The van der Waals surface area contributed by atoms with Gasteiger partial charge in [0.05, 0.1) is 6.20 Å². The first-order chi connectivity index (χ1) is 7.65. The number of ether oxygens (including phenoxy) is 1. The number of rotatable bonds is 3. The first kappa shape index (κ1) is 10.2. The molecule has 0 aromatic carbocycles. The van der Waals surface area contributed by atoms with E-state index in [1.165, 1.54) is 18.3 Å². The van der Waals surface area contributed by atoms with Gasteiger partial charge >= 0.3 is 5.97 Å². The first-order valence-electron chi connectivity index (χ1n) is 4.59. The Kier molecular flexibility index (Phi) is 2.59. The third-order valence-corrected chi connectivity index (χ3v) is 1.89. The Balaban J connectivity index is 2.14. The Morgan fingerprint density at radius 3 is 2.75 bits per heavy atom. The fourth-order valence-corrected chi connectivity index (χ4v) is 1.12. The van der Waals surface area contributed by atoms with Crippen LogP contribution in [-0.2, 0) is 0 Å². The smallest absolute Gasteiger partial charge is 0.371 e. The molecule has 2 aromatic rings. The molecule has 0 bridgehead atoms. The van der Waals surface area contributed by atoms with E-state index in [2.05, 4.69) is 4.98 Å². The van der Waals surface area contributed by atoms with Crippen LogP contribution >= 0.6 is 0 Å². The second-order valence-electron chi connectivity index (χ2n) is 3.16. The lowest BCUT2D eigenvalue weighted by atomic mass is 10.4. The number of aromatic nitrogens is 1. The molecular weight excluding hydrogens is 210 g/mol. The molecule has 5 nitrogen and oxygen atoms in total. The lowest BCUT2D eigenvalue weighted by molar-refractivity contribution is 0.0657. The van der Waals surface area contributed by atoms with E-state index >= 15 is 0 Å². The molecule has 82 valence electrons. The van der Waals surface area contributed by atoms with Gasteiger partial charge < -0.3 is 14.3 Å². The summed E-state index contributed by atoms with van der Waals surface area (Å²) in [5.41, 5.74) is 0.873. The van der Waals surface area contributed by atoms with E-state index in [9.17, 15) is 4.79 Å². The van der Waals surface area contributed by atoms with Crippen LogP contribution in [0.15, 0.2) is 34.9 Å². The summed E-state index contributed by atoms with van der Waals surface area (Å²) in [4.78, 5) is 14.6. The predicted octanol–water partition coefficient (Wildman–Crippen LogP) is 2.47. The second-order valence-corrected chi connectivity index (χ2v) is 3.16. The van der Waals surface area contributed by atoms with Crippen LogP contribution < -0.4 is 4.74 Å². The average molecular weight is 219 g/mol. The summed E-state index contributed by atoms with van der Waals surface area (Å²) in [7, 11) is 0. The molecular formula is C11H9NO4. The highest BCUT2D eigenvalue weighted by Crippen LogP contribution is 2.23. The van der Waals surface area contributed by atoms with Crippen molar-refractivity contribution in [3.63, 3.8) is 0 Å². The number of carbonyl (C=O) groups is 1. The van der Waals surface area contributed by atoms with Crippen molar-refractivity contribution < 1.29 is 19.1 Å². The predicted molar refractivity (Wildman–Crippen MR) is 54.7 cm³/mol. The minimum absolute atomic E-state index is 0.128. The van der Waals surface area contributed by atoms with Crippen molar-refractivity contribution in [2.75, 3.05) is 0 Å². The zero-order chi connectivity index (χ0) is 11.5. The van der Waals surface area contributed by atoms with Gasteiger partial charge in [0.25, 0.3) is 5.95 Å². The van der Waals surface area contributed by atoms with Gasteiger partial charge in [-0.3, -0.25) is 4.98 Å². The van der Waals surface area contributed by atoms with E-state index in [0.29, 0.717) is 5.75 Å². The molecule has 2 aromatic heterocycles. The van der Waals surface area contributed by atoms with Gasteiger partial charge in [-0.05, 0) is 25.1 Å². The first-order valence-corrected chi connectivity index (χ1v) is 4.59. The summed E-state index contributed by atoms with van der Waals surface area (Å²) in [6.07, 6.45) is 1.54. The highest BCUT2D eigenvalue weighted by molar-refractivity contribution is 5.84. The van der Waals surface area contributed by atoms with Gasteiger partial charge in [-0.2, -0.15) is 0 Å². The van der Waals surface area contributed by atoms with Gasteiger partial charge in [0.2, 0.25) is 5.76 Å². The van der Waals surface area contributed by atoms with Crippen LogP contribution in [0.1, 0.15) is 16.2 Å². The van der Waals surface area contributed by atoms with Crippen molar-refractivity contribution in [3.05, 3.63) is 41.9 Å². The maximum atomic E-state index is 10.5. The van der Waals surface area contributed by atoms with Crippen LogP contribution in [0.2, 0.25) is 0 Å². The Morgan fingerprint density at radius 2 is 2.19 bits per heavy atom. The number of hydrogen-bond acceptors (Lipinski definition) is 4. The van der Waals surface area contributed by atoms with E-state index < -0.39 is 5.97 Å². The van der Waals surface area contributed by atoms with Crippen molar-refractivity contribution in [2.45, 2.75) is 6.92 Å². The molecule has 0 radical (unpaired) electrons. The second kappa shape index (κ2) is 4.06. The molecule has 0 aliphatic heterocycles. The highest BCUT2D eigenvalue weighted by Gasteiger charge is 2.10. The van der Waals surface area contributed by atoms with Crippen LogP contribution in [0, 0.1) is 6.92 Å². The molecule has 2 rings (SSSR count). The minimum atomic E-state index is -1.13. The summed E-state index contributed by atoms with van der Waals surface area (Å²) >= 11 is 0. The van der Waals surface area contributed by atoms with E-state index in [4.69, 9.17) is 14.3 Å². The van der Waals surface area contributed by atoms with Crippen LogP contribution in [0.3, 0.4) is 0 Å². The molecule has 0 aliphatic carbocycles. The molecule has 0 saturated carbocycles. The molecule has 16 heavy (non-hydrogen) atoms. The van der Waals surface area contributed by atoms with Gasteiger partial charge in [-0.15, -0.1) is 0 Å². The third kappa shape index (κ3) is 2.20. The maximum Gasteiger partial charge on any atom is 0.371 e. The van der Waals surface area contributed by atoms with Gasteiger partial charge in [0.1, 0.15) is 5.75 Å². The summed E-state index contributed by atoms with van der Waals surface area (Å²) in [6.45, 7) is 1.86. The van der Waals surface area contributed by atoms with Crippen molar-refractivity contribution >= 4 is 5.97 Å². The number of nitrogens with zero attached hydrogens (tertiary/aromatic N) is 1. The monoisotopic (exact) mass is 219 g/mol. The summed E-state index contributed by atoms with van der Waals surface area (Å²) in [5.74, 6) is -0.660. The summed E-state index contributed by atoms with van der Waals surface area (Å²) in [6, 6.07) is 6.30. The molecule has 2 heterocycles. The van der Waals surface area contributed by atoms with Crippen molar-refractivity contribution in [1.29, 1.82) is 0 Å². The van der Waals surface area contributed by atoms with Gasteiger partial charge in [-0.1, -0.05) is 0 Å². The molecule has 0 aliphatic rings. The molecule has 0 saturated heterocycles. The van der Waals surface area contributed by atoms with E-state index in [0.717, 1.165) is 5.69 Å². The lowest BCUT2D eigenvalue weighted by Crippen LogP contribution is -1.91. The number of aromatic carboxylic acids is 1. The van der Waals surface area contributed by atoms with Crippen LogP contribution in [0.5, 0.6) is 11.7 Å². The Bertz CT molecular complexity index is 501. The van der Waals surface area contributed by atoms with Crippen LogP contribution in [0.25, 0.3) is 0 Å². The van der Waals surface area contributed by atoms with Gasteiger partial charge in [-0.25, -0.2) is 4.79 Å². The normalized spacial score (nSPS) is 10.1. The average Bonchev–Trinajstić information content (AvgIpc) is 2.70. The Morgan fingerprint density at radius 1 is 1.38 bits per heavy atom. The van der Waals surface area contributed by atoms with Gasteiger partial charge in [0.15, 0.2) is 0 Å². The fourth-order valence-electron chi connectivity index (χ4n) is 1.12. The van der Waals surface area contributed by atoms with E-state index in [1.807, 2.05) is 6.92 Å². The quantitative estimate of drug-likeness (QED) is 0.858. The third-order valence-electron chi connectivity index (χ3n) is 1.89. The fraction of sp³-hybridized carbons (Fsp3) is 0.0909.